The van der Waals surface area contributed by atoms with Crippen molar-refractivity contribution in [3.8, 4) is 0 Å². The molecule has 0 spiro atoms. The Bertz CT molecular complexity index is 360. The molecule has 86 valence electrons. The van der Waals surface area contributed by atoms with Gasteiger partial charge in [-0.1, -0.05) is 46.4 Å². The van der Waals surface area contributed by atoms with Crippen LogP contribution in [0.1, 0.15) is 39.6 Å². The van der Waals surface area contributed by atoms with E-state index in [-0.39, 0.29) is 0 Å². The van der Waals surface area contributed by atoms with Gasteiger partial charge in [-0.25, -0.2) is 4.98 Å². The summed E-state index contributed by atoms with van der Waals surface area (Å²) in [6.45, 7) is 15.8. The van der Waals surface area contributed by atoms with Crippen LogP contribution in [0.5, 0.6) is 0 Å². The lowest BCUT2D eigenvalue weighted by molar-refractivity contribution is 1.24. The van der Waals surface area contributed by atoms with Gasteiger partial charge in [0.05, 0.1) is 14.9 Å². The van der Waals surface area contributed by atoms with Crippen molar-refractivity contribution in [2.24, 2.45) is 0 Å². The molecule has 15 heavy (non-hydrogen) atoms. The van der Waals surface area contributed by atoms with Gasteiger partial charge >= 0.3 is 0 Å². The maximum absolute atomic E-state index is 4.21. The van der Waals surface area contributed by atoms with Gasteiger partial charge < -0.3 is 0 Å². The number of nitrogens with zero attached hydrogens (tertiary/aromatic N) is 1. The summed E-state index contributed by atoms with van der Waals surface area (Å²) >= 11 is 1.67. The first-order valence-corrected chi connectivity index (χ1v) is 6.31. The van der Waals surface area contributed by atoms with E-state index < -0.39 is 0 Å². The van der Waals surface area contributed by atoms with E-state index in [1.807, 2.05) is 59.8 Å². The first kappa shape index (κ1) is 16.5. The van der Waals surface area contributed by atoms with E-state index in [1.165, 1.54) is 0 Å². The monoisotopic (exact) mass is 225 g/mol. The maximum atomic E-state index is 4.21. The Kier molecular flexibility index (Phi) is 12.3. The second-order valence-electron chi connectivity index (χ2n) is 2.24. The molecule has 1 nitrogen and oxygen atoms in total. The molecule has 0 saturated carbocycles. The molecule has 0 bridgehead atoms. The summed E-state index contributed by atoms with van der Waals surface area (Å²) in [7, 11) is 0. The van der Waals surface area contributed by atoms with Gasteiger partial charge in [0.25, 0.3) is 0 Å². The first-order valence-electron chi connectivity index (χ1n) is 5.49. The van der Waals surface area contributed by atoms with E-state index in [0.717, 1.165) is 14.9 Å². The molecule has 1 aromatic rings. The fraction of sp³-hybridized carbons (Fsp3) is 0.462. The smallest absolute Gasteiger partial charge is 0.0907 e. The molecule has 0 saturated heterocycles. The minimum absolute atomic E-state index is 0.880. The van der Waals surface area contributed by atoms with Crippen LogP contribution in [0.4, 0.5) is 0 Å². The molecule has 0 fully saturated rings. The minimum atomic E-state index is 0.880. The number of rotatable bonds is 1. The fourth-order valence-electron chi connectivity index (χ4n) is 0.800. The van der Waals surface area contributed by atoms with E-state index in [9.17, 15) is 0 Å². The average molecular weight is 225 g/mol. The van der Waals surface area contributed by atoms with Gasteiger partial charge in [-0.2, -0.15) is 0 Å². The van der Waals surface area contributed by atoms with Gasteiger partial charge in [0.15, 0.2) is 0 Å². The van der Waals surface area contributed by atoms with Crippen LogP contribution in [0.2, 0.25) is 0 Å². The number of aromatic nitrogens is 1. The summed E-state index contributed by atoms with van der Waals surface area (Å²) in [5.41, 5.74) is 0. The Morgan fingerprint density at radius 1 is 1.20 bits per heavy atom. The zero-order valence-corrected chi connectivity index (χ0v) is 11.6. The number of thiazole rings is 1. The van der Waals surface area contributed by atoms with Crippen molar-refractivity contribution in [1.82, 2.24) is 4.98 Å². The number of hydrogen-bond donors (Lipinski definition) is 0. The van der Waals surface area contributed by atoms with Crippen molar-refractivity contribution in [2.45, 2.75) is 41.5 Å². The minimum Gasteiger partial charge on any atom is -0.242 e. The highest BCUT2D eigenvalue weighted by molar-refractivity contribution is 7.09. The van der Waals surface area contributed by atoms with Crippen molar-refractivity contribution in [3.63, 3.8) is 0 Å². The summed E-state index contributed by atoms with van der Waals surface area (Å²) < 4.78 is 1.15. The fourth-order valence-corrected chi connectivity index (χ4v) is 1.58. The molecule has 2 heteroatoms. The van der Waals surface area contributed by atoms with Gasteiger partial charge in [0.1, 0.15) is 0 Å². The van der Waals surface area contributed by atoms with Crippen LogP contribution >= 0.6 is 11.3 Å². The van der Waals surface area contributed by atoms with Crippen LogP contribution in [0.3, 0.4) is 0 Å². The highest BCUT2D eigenvalue weighted by Gasteiger charge is 1.88. The van der Waals surface area contributed by atoms with E-state index in [0.29, 0.717) is 0 Å². The Hall–Kier alpha value is -0.890. The molecule has 0 aliphatic carbocycles. The lowest BCUT2D eigenvalue weighted by atomic mass is 10.5. The van der Waals surface area contributed by atoms with Crippen molar-refractivity contribution < 1.29 is 0 Å². The quantitative estimate of drug-likeness (QED) is 0.715. The maximum Gasteiger partial charge on any atom is 0.0907 e. The topological polar surface area (TPSA) is 12.9 Å². The molecule has 0 atom stereocenters. The Labute approximate surface area is 97.9 Å². The Morgan fingerprint density at radius 2 is 1.73 bits per heavy atom. The summed E-state index contributed by atoms with van der Waals surface area (Å²) in [5, 5.41) is 1.95. The lowest BCUT2D eigenvalue weighted by Crippen LogP contribution is -2.17. The lowest BCUT2D eigenvalue weighted by Gasteiger charge is -1.70. The predicted molar refractivity (Wildman–Crippen MR) is 73.6 cm³/mol. The molecule has 1 rings (SSSR count). The third kappa shape index (κ3) is 7.09. The van der Waals surface area contributed by atoms with Crippen LogP contribution in [-0.2, 0) is 0 Å². The molecule has 0 unspecified atom stereocenters. The average Bonchev–Trinajstić information content (AvgIpc) is 2.60. The van der Waals surface area contributed by atoms with Gasteiger partial charge in [0, 0.05) is 0 Å². The molecular weight excluding hydrogens is 202 g/mol. The summed E-state index contributed by atoms with van der Waals surface area (Å²) in [5.74, 6) is 0. The molecule has 0 radical (unpaired) electrons. The van der Waals surface area contributed by atoms with Crippen LogP contribution < -0.4 is 9.88 Å². The zero-order chi connectivity index (χ0) is 12.3. The predicted octanol–water partition coefficient (Wildman–Crippen LogP) is 3.27. The molecular formula is C13H23NS. The first-order chi connectivity index (χ1) is 7.24. The normalized spacial score (nSPS) is 10.4. The third-order valence-electron chi connectivity index (χ3n) is 1.27. The van der Waals surface area contributed by atoms with Gasteiger partial charge in [0.2, 0.25) is 0 Å². The summed E-state index contributed by atoms with van der Waals surface area (Å²) in [4.78, 5) is 4.21. The highest BCUT2D eigenvalue weighted by Crippen LogP contribution is 1.89. The summed E-state index contributed by atoms with van der Waals surface area (Å²) in [6, 6.07) is 0. The van der Waals surface area contributed by atoms with Crippen LogP contribution in [0.15, 0.2) is 12.2 Å². The molecule has 0 aliphatic heterocycles. The molecule has 0 aliphatic rings. The Balaban J connectivity index is 0. The highest BCUT2D eigenvalue weighted by atomic mass is 32.1. The SMILES string of the molecule is C=c1nc(C)s/c1=C/C=C\C.CC.CC. The number of hydrogen-bond acceptors (Lipinski definition) is 2. The Morgan fingerprint density at radius 3 is 2.07 bits per heavy atom. The van der Waals surface area contributed by atoms with E-state index in [1.54, 1.807) is 11.3 Å². The zero-order valence-electron chi connectivity index (χ0n) is 10.8. The van der Waals surface area contributed by atoms with E-state index >= 15 is 0 Å². The largest absolute Gasteiger partial charge is 0.242 e. The third-order valence-corrected chi connectivity index (χ3v) is 2.25. The van der Waals surface area contributed by atoms with Crippen LogP contribution in [0, 0.1) is 6.92 Å². The number of allylic oxidation sites excluding steroid dienone is 2. The molecule has 1 aromatic heterocycles. The molecule has 0 aromatic carbocycles. The molecule has 1 heterocycles. The van der Waals surface area contributed by atoms with Gasteiger partial charge in [-0.05, 0) is 19.9 Å². The number of aryl methyl sites for hydroxylation is 1. The van der Waals surface area contributed by atoms with Crippen molar-refractivity contribution >= 4 is 24.0 Å². The second-order valence-corrected chi connectivity index (χ2v) is 3.47. The molecule has 0 amide bonds. The standard InChI is InChI=1S/C9H11NS.2C2H6/c1-4-5-6-9-7(2)10-8(3)11-9;2*1-2/h4-6H,2H2,1,3H3;2*1-2H3/b5-4-,9-6+;;. The van der Waals surface area contributed by atoms with Crippen molar-refractivity contribution in [1.29, 1.82) is 0 Å². The van der Waals surface area contributed by atoms with Crippen molar-refractivity contribution in [2.75, 3.05) is 0 Å². The van der Waals surface area contributed by atoms with Crippen molar-refractivity contribution in [3.05, 3.63) is 27.0 Å². The molecule has 0 N–H and O–H groups in total. The van der Waals surface area contributed by atoms with Crippen LogP contribution in [0.25, 0.3) is 12.7 Å². The van der Waals surface area contributed by atoms with E-state index in [2.05, 4.69) is 11.6 Å². The van der Waals surface area contributed by atoms with Gasteiger partial charge in [-0.3, -0.25) is 0 Å². The second kappa shape index (κ2) is 11.2. The summed E-state index contributed by atoms with van der Waals surface area (Å²) in [6.07, 6.45) is 6.03. The van der Waals surface area contributed by atoms with Gasteiger partial charge in [-0.15, -0.1) is 11.3 Å². The van der Waals surface area contributed by atoms with E-state index in [4.69, 9.17) is 0 Å². The van der Waals surface area contributed by atoms with Crippen LogP contribution in [-0.4, -0.2) is 4.98 Å².